The lowest BCUT2D eigenvalue weighted by Gasteiger charge is -2.14. The lowest BCUT2D eigenvalue weighted by atomic mass is 9.96. The SMILES string of the molecule is CCc1c(CC(=O)O)ccc(OC(F)(F)F)c1C#N. The molecule has 0 aliphatic carbocycles. The van der Waals surface area contributed by atoms with Gasteiger partial charge in [0, 0.05) is 0 Å². The van der Waals surface area contributed by atoms with Gasteiger partial charge in [-0.3, -0.25) is 4.79 Å². The second-order valence-electron chi connectivity index (χ2n) is 3.66. The number of nitriles is 1. The Morgan fingerprint density at radius 2 is 2.11 bits per heavy atom. The van der Waals surface area contributed by atoms with E-state index in [1.807, 2.05) is 0 Å². The van der Waals surface area contributed by atoms with Gasteiger partial charge >= 0.3 is 12.3 Å². The van der Waals surface area contributed by atoms with Crippen molar-refractivity contribution >= 4 is 5.97 Å². The summed E-state index contributed by atoms with van der Waals surface area (Å²) < 4.78 is 40.3. The summed E-state index contributed by atoms with van der Waals surface area (Å²) in [6, 6.07) is 3.83. The zero-order valence-corrected chi connectivity index (χ0v) is 9.91. The molecule has 0 aliphatic rings. The molecule has 0 amide bonds. The molecule has 0 radical (unpaired) electrons. The van der Waals surface area contributed by atoms with Gasteiger partial charge < -0.3 is 9.84 Å². The predicted molar refractivity (Wildman–Crippen MR) is 58.6 cm³/mol. The van der Waals surface area contributed by atoms with Gasteiger partial charge in [-0.25, -0.2) is 0 Å². The summed E-state index contributed by atoms with van der Waals surface area (Å²) in [5.41, 5.74) is 0.284. The van der Waals surface area contributed by atoms with Crippen LogP contribution in [0.2, 0.25) is 0 Å². The van der Waals surface area contributed by atoms with E-state index in [1.54, 1.807) is 13.0 Å². The Kier molecular flexibility index (Phi) is 4.38. The van der Waals surface area contributed by atoms with Gasteiger partial charge in [-0.05, 0) is 23.6 Å². The van der Waals surface area contributed by atoms with Crippen molar-refractivity contribution in [1.29, 1.82) is 5.26 Å². The minimum Gasteiger partial charge on any atom is -0.481 e. The Morgan fingerprint density at radius 3 is 2.53 bits per heavy atom. The Morgan fingerprint density at radius 1 is 1.47 bits per heavy atom. The third kappa shape index (κ3) is 3.88. The fourth-order valence-corrected chi connectivity index (χ4v) is 1.73. The van der Waals surface area contributed by atoms with E-state index in [0.717, 1.165) is 6.07 Å². The molecule has 1 aromatic rings. The summed E-state index contributed by atoms with van der Waals surface area (Å²) in [4.78, 5) is 10.7. The Hall–Kier alpha value is -2.23. The number of carboxylic acids is 1. The van der Waals surface area contributed by atoms with E-state index in [-0.39, 0.29) is 24.0 Å². The first-order valence-electron chi connectivity index (χ1n) is 5.30. The lowest BCUT2D eigenvalue weighted by molar-refractivity contribution is -0.274. The molecule has 102 valence electrons. The maximum Gasteiger partial charge on any atom is 0.573 e. The number of alkyl halides is 3. The molecule has 0 saturated heterocycles. The van der Waals surface area contributed by atoms with E-state index in [0.29, 0.717) is 5.56 Å². The van der Waals surface area contributed by atoms with Crippen LogP contribution in [-0.2, 0) is 17.6 Å². The maximum absolute atomic E-state index is 12.2. The summed E-state index contributed by atoms with van der Waals surface area (Å²) in [6.07, 6.45) is -5.02. The van der Waals surface area contributed by atoms with E-state index in [1.165, 1.54) is 6.07 Å². The average molecular weight is 273 g/mol. The van der Waals surface area contributed by atoms with Crippen molar-refractivity contribution in [3.8, 4) is 11.8 Å². The van der Waals surface area contributed by atoms with Gasteiger partial charge in [-0.15, -0.1) is 13.2 Å². The quantitative estimate of drug-likeness (QED) is 0.915. The molecule has 0 bridgehead atoms. The average Bonchev–Trinajstić information content (AvgIpc) is 2.27. The first-order chi connectivity index (χ1) is 8.78. The smallest absolute Gasteiger partial charge is 0.481 e. The molecule has 4 nitrogen and oxygen atoms in total. The maximum atomic E-state index is 12.2. The van der Waals surface area contributed by atoms with E-state index in [4.69, 9.17) is 10.4 Å². The van der Waals surface area contributed by atoms with Gasteiger partial charge in [0.05, 0.1) is 12.0 Å². The van der Waals surface area contributed by atoms with Crippen molar-refractivity contribution in [2.45, 2.75) is 26.1 Å². The van der Waals surface area contributed by atoms with Crippen LogP contribution in [-0.4, -0.2) is 17.4 Å². The van der Waals surface area contributed by atoms with Crippen LogP contribution in [0.4, 0.5) is 13.2 Å². The number of halogens is 3. The molecule has 0 spiro atoms. The van der Waals surface area contributed by atoms with Crippen molar-refractivity contribution < 1.29 is 27.8 Å². The van der Waals surface area contributed by atoms with Crippen LogP contribution in [0.1, 0.15) is 23.6 Å². The summed E-state index contributed by atoms with van der Waals surface area (Å²) in [6.45, 7) is 1.62. The van der Waals surface area contributed by atoms with E-state index >= 15 is 0 Å². The van der Waals surface area contributed by atoms with Gasteiger partial charge in [0.2, 0.25) is 0 Å². The molecule has 0 unspecified atom stereocenters. The van der Waals surface area contributed by atoms with Crippen LogP contribution in [0.25, 0.3) is 0 Å². The van der Waals surface area contributed by atoms with Gasteiger partial charge in [0.25, 0.3) is 0 Å². The van der Waals surface area contributed by atoms with Crippen molar-refractivity contribution in [2.75, 3.05) is 0 Å². The third-order valence-electron chi connectivity index (χ3n) is 2.40. The van der Waals surface area contributed by atoms with Crippen molar-refractivity contribution in [1.82, 2.24) is 0 Å². The molecule has 0 fully saturated rings. The van der Waals surface area contributed by atoms with Crippen LogP contribution >= 0.6 is 0 Å². The van der Waals surface area contributed by atoms with Crippen molar-refractivity contribution in [2.24, 2.45) is 0 Å². The summed E-state index contributed by atoms with van der Waals surface area (Å²) >= 11 is 0. The number of benzene rings is 1. The highest BCUT2D eigenvalue weighted by atomic mass is 19.4. The number of rotatable bonds is 4. The lowest BCUT2D eigenvalue weighted by Crippen LogP contribution is -2.18. The minimum atomic E-state index is -4.90. The molecule has 0 aromatic heterocycles. The standard InChI is InChI=1S/C12H10F3NO3/c1-2-8-7(5-11(17)18)3-4-10(9(8)6-16)19-12(13,14)15/h3-4H,2,5H2,1H3,(H,17,18). The second-order valence-corrected chi connectivity index (χ2v) is 3.66. The Bertz CT molecular complexity index is 532. The molecule has 19 heavy (non-hydrogen) atoms. The number of carbonyl (C=O) groups is 1. The van der Waals surface area contributed by atoms with Crippen molar-refractivity contribution in [3.63, 3.8) is 0 Å². The molecule has 1 rings (SSSR count). The number of hydrogen-bond acceptors (Lipinski definition) is 3. The van der Waals surface area contributed by atoms with E-state index in [2.05, 4.69) is 4.74 Å². The first kappa shape index (κ1) is 14.8. The van der Waals surface area contributed by atoms with Crippen LogP contribution in [0.15, 0.2) is 12.1 Å². The Labute approximate surface area is 107 Å². The summed E-state index contributed by atoms with van der Waals surface area (Å²) in [5, 5.41) is 17.7. The number of nitrogens with zero attached hydrogens (tertiary/aromatic N) is 1. The minimum absolute atomic E-state index is 0.237. The molecule has 0 heterocycles. The van der Waals surface area contributed by atoms with E-state index < -0.39 is 18.1 Å². The third-order valence-corrected chi connectivity index (χ3v) is 2.40. The molecule has 0 saturated carbocycles. The van der Waals surface area contributed by atoms with Crippen LogP contribution in [0.5, 0.6) is 5.75 Å². The van der Waals surface area contributed by atoms with Crippen LogP contribution < -0.4 is 4.74 Å². The number of carboxylic acid groups (broad SMARTS) is 1. The zero-order chi connectivity index (χ0) is 14.6. The summed E-state index contributed by atoms with van der Waals surface area (Å²) in [5.74, 6) is -1.73. The molecule has 7 heteroatoms. The van der Waals surface area contributed by atoms with Crippen molar-refractivity contribution in [3.05, 3.63) is 28.8 Å². The number of ether oxygens (including phenoxy) is 1. The van der Waals surface area contributed by atoms with Gasteiger partial charge in [0.1, 0.15) is 11.8 Å². The Balaban J connectivity index is 3.31. The predicted octanol–water partition coefficient (Wildman–Crippen LogP) is 2.65. The van der Waals surface area contributed by atoms with Gasteiger partial charge in [-0.1, -0.05) is 13.0 Å². The fourth-order valence-electron chi connectivity index (χ4n) is 1.73. The molecule has 0 atom stereocenters. The molecular weight excluding hydrogens is 263 g/mol. The number of hydrogen-bond donors (Lipinski definition) is 1. The van der Waals surface area contributed by atoms with E-state index in [9.17, 15) is 18.0 Å². The topological polar surface area (TPSA) is 70.3 Å². The normalized spacial score (nSPS) is 10.9. The largest absolute Gasteiger partial charge is 0.573 e. The highest BCUT2D eigenvalue weighted by molar-refractivity contribution is 5.71. The fraction of sp³-hybridized carbons (Fsp3) is 0.333. The summed E-state index contributed by atoms with van der Waals surface area (Å²) in [7, 11) is 0. The zero-order valence-electron chi connectivity index (χ0n) is 9.91. The monoisotopic (exact) mass is 273 g/mol. The molecule has 0 aliphatic heterocycles. The number of aliphatic carboxylic acids is 1. The van der Waals surface area contributed by atoms with Crippen LogP contribution in [0, 0.1) is 11.3 Å². The van der Waals surface area contributed by atoms with Gasteiger partial charge in [-0.2, -0.15) is 5.26 Å². The highest BCUT2D eigenvalue weighted by Crippen LogP contribution is 2.30. The van der Waals surface area contributed by atoms with Crippen LogP contribution in [0.3, 0.4) is 0 Å². The molecule has 1 N–H and O–H groups in total. The van der Waals surface area contributed by atoms with Gasteiger partial charge in [0.15, 0.2) is 0 Å². The highest BCUT2D eigenvalue weighted by Gasteiger charge is 2.32. The second kappa shape index (κ2) is 5.61. The first-order valence-corrected chi connectivity index (χ1v) is 5.30. The molecular formula is C12H10F3NO3. The molecule has 1 aromatic carbocycles.